The quantitative estimate of drug-likeness (QED) is 0.775. The molecule has 2 aromatic rings. The average Bonchev–Trinajstić information content (AvgIpc) is 2.97. The number of halogens is 1. The minimum Gasteiger partial charge on any atom is -0.495 e. The second-order valence-corrected chi connectivity index (χ2v) is 7.13. The van der Waals surface area contributed by atoms with Crippen molar-refractivity contribution < 1.29 is 23.8 Å². The van der Waals surface area contributed by atoms with Crippen LogP contribution in [-0.2, 0) is 4.79 Å². The van der Waals surface area contributed by atoms with Crippen molar-refractivity contribution in [3.05, 3.63) is 46.0 Å². The van der Waals surface area contributed by atoms with Crippen LogP contribution in [0.1, 0.15) is 40.7 Å². The second kappa shape index (κ2) is 8.10. The standard InChI is InChI=1S/C21H22ClNO5/c1-11-5-6-16(21-15(24)7-12(2)20(11)21)28-10-19(25)23-14-9-17(26-3)13(22)8-18(14)27-4/h5-6,8-9,12H,7,10H2,1-4H3,(H,23,25)/t12-/m1/s1. The van der Waals surface area contributed by atoms with E-state index in [0.29, 0.717) is 39.9 Å². The van der Waals surface area contributed by atoms with Crippen molar-refractivity contribution in [3.63, 3.8) is 0 Å². The van der Waals surface area contributed by atoms with Gasteiger partial charge in [0.05, 0.1) is 30.5 Å². The van der Waals surface area contributed by atoms with Crippen LogP contribution in [0.25, 0.3) is 0 Å². The zero-order valence-electron chi connectivity index (χ0n) is 16.2. The molecule has 2 aromatic carbocycles. The molecule has 1 aliphatic rings. The minimum absolute atomic E-state index is 0.0470. The number of fused-ring (bicyclic) bond motifs is 1. The summed E-state index contributed by atoms with van der Waals surface area (Å²) in [7, 11) is 2.96. The molecule has 7 heteroatoms. The van der Waals surface area contributed by atoms with Gasteiger partial charge in [0.25, 0.3) is 5.91 Å². The van der Waals surface area contributed by atoms with E-state index in [1.807, 2.05) is 19.9 Å². The van der Waals surface area contributed by atoms with Gasteiger partial charge in [0.15, 0.2) is 12.4 Å². The number of Topliss-reactive ketones (excluding diaryl/α,β-unsaturated/α-hetero) is 1. The summed E-state index contributed by atoms with van der Waals surface area (Å²) in [6, 6.07) is 6.79. The van der Waals surface area contributed by atoms with Crippen LogP contribution >= 0.6 is 11.6 Å². The first-order chi connectivity index (χ1) is 13.3. The summed E-state index contributed by atoms with van der Waals surface area (Å²) in [5, 5.41) is 3.09. The predicted molar refractivity (Wildman–Crippen MR) is 107 cm³/mol. The monoisotopic (exact) mass is 403 g/mol. The molecule has 148 valence electrons. The van der Waals surface area contributed by atoms with Crippen molar-refractivity contribution in [3.8, 4) is 17.2 Å². The Balaban J connectivity index is 1.75. The highest BCUT2D eigenvalue weighted by Crippen LogP contribution is 2.40. The molecular formula is C21H22ClNO5. The van der Waals surface area contributed by atoms with Crippen molar-refractivity contribution in [1.29, 1.82) is 0 Å². The number of nitrogens with one attached hydrogen (secondary N) is 1. The number of carbonyl (C=O) groups excluding carboxylic acids is 2. The SMILES string of the molecule is COc1cc(NC(=O)COc2ccc(C)c3c2C(=O)C[C@H]3C)c(OC)cc1Cl. The largest absolute Gasteiger partial charge is 0.495 e. The van der Waals surface area contributed by atoms with Gasteiger partial charge in [-0.2, -0.15) is 0 Å². The molecule has 6 nitrogen and oxygen atoms in total. The van der Waals surface area contributed by atoms with E-state index in [1.165, 1.54) is 14.2 Å². The van der Waals surface area contributed by atoms with Crippen LogP contribution in [0.4, 0.5) is 5.69 Å². The Morgan fingerprint density at radius 2 is 1.89 bits per heavy atom. The van der Waals surface area contributed by atoms with Crippen LogP contribution in [-0.4, -0.2) is 32.5 Å². The smallest absolute Gasteiger partial charge is 0.262 e. The number of amides is 1. The molecule has 1 N–H and O–H groups in total. The van der Waals surface area contributed by atoms with Gasteiger partial charge in [-0.25, -0.2) is 0 Å². The molecule has 1 amide bonds. The molecule has 0 bridgehead atoms. The van der Waals surface area contributed by atoms with Crippen molar-refractivity contribution >= 4 is 29.0 Å². The first kappa shape index (κ1) is 20.0. The van der Waals surface area contributed by atoms with Crippen LogP contribution < -0.4 is 19.5 Å². The highest BCUT2D eigenvalue weighted by atomic mass is 35.5. The third kappa shape index (κ3) is 3.78. The molecule has 0 aliphatic heterocycles. The number of ketones is 1. The Kier molecular flexibility index (Phi) is 5.79. The van der Waals surface area contributed by atoms with Gasteiger partial charge in [-0.3, -0.25) is 9.59 Å². The normalized spacial score (nSPS) is 15.2. The molecule has 28 heavy (non-hydrogen) atoms. The van der Waals surface area contributed by atoms with E-state index < -0.39 is 5.91 Å². The van der Waals surface area contributed by atoms with E-state index in [0.717, 1.165) is 11.1 Å². The number of aryl methyl sites for hydroxylation is 1. The van der Waals surface area contributed by atoms with Crippen molar-refractivity contribution in [1.82, 2.24) is 0 Å². The number of methoxy groups -OCH3 is 2. The van der Waals surface area contributed by atoms with Gasteiger partial charge in [-0.05, 0) is 30.0 Å². The molecule has 0 radical (unpaired) electrons. The molecule has 1 atom stereocenters. The lowest BCUT2D eigenvalue weighted by molar-refractivity contribution is -0.118. The summed E-state index contributed by atoms with van der Waals surface area (Å²) in [6.45, 7) is 3.75. The number of carbonyl (C=O) groups is 2. The lowest BCUT2D eigenvalue weighted by Gasteiger charge is -2.15. The van der Waals surface area contributed by atoms with Crippen LogP contribution in [0.3, 0.4) is 0 Å². The maximum absolute atomic E-state index is 12.4. The molecule has 0 fully saturated rings. The van der Waals surface area contributed by atoms with Gasteiger partial charge in [-0.15, -0.1) is 0 Å². The number of hydrogen-bond donors (Lipinski definition) is 1. The highest BCUT2D eigenvalue weighted by Gasteiger charge is 2.31. The Morgan fingerprint density at radius 1 is 1.18 bits per heavy atom. The molecule has 0 saturated heterocycles. The summed E-state index contributed by atoms with van der Waals surface area (Å²) in [5.41, 5.74) is 3.07. The van der Waals surface area contributed by atoms with Gasteiger partial charge in [-0.1, -0.05) is 24.6 Å². The summed E-state index contributed by atoms with van der Waals surface area (Å²) in [6.07, 6.45) is 0.463. The van der Waals surface area contributed by atoms with Gasteiger partial charge < -0.3 is 19.5 Å². The summed E-state index contributed by atoms with van der Waals surface area (Å²) < 4.78 is 16.1. The van der Waals surface area contributed by atoms with Crippen LogP contribution in [0.15, 0.2) is 24.3 Å². The minimum atomic E-state index is -0.393. The number of benzene rings is 2. The van der Waals surface area contributed by atoms with Gasteiger partial charge in [0, 0.05) is 18.6 Å². The first-order valence-electron chi connectivity index (χ1n) is 8.86. The zero-order valence-corrected chi connectivity index (χ0v) is 17.0. The van der Waals surface area contributed by atoms with E-state index in [4.69, 9.17) is 25.8 Å². The van der Waals surface area contributed by atoms with E-state index >= 15 is 0 Å². The van der Waals surface area contributed by atoms with Crippen LogP contribution in [0.2, 0.25) is 5.02 Å². The van der Waals surface area contributed by atoms with Crippen LogP contribution in [0, 0.1) is 6.92 Å². The fraction of sp³-hybridized carbons (Fsp3) is 0.333. The Bertz CT molecular complexity index is 941. The van der Waals surface area contributed by atoms with E-state index in [9.17, 15) is 9.59 Å². The fourth-order valence-electron chi connectivity index (χ4n) is 3.52. The fourth-order valence-corrected chi connectivity index (χ4v) is 3.75. The number of ether oxygens (including phenoxy) is 3. The maximum atomic E-state index is 12.4. The average molecular weight is 404 g/mol. The molecule has 3 rings (SSSR count). The third-order valence-electron chi connectivity index (χ3n) is 4.80. The van der Waals surface area contributed by atoms with Crippen molar-refractivity contribution in [2.75, 3.05) is 26.1 Å². The molecule has 0 spiro atoms. The Hall–Kier alpha value is -2.73. The van der Waals surface area contributed by atoms with E-state index in [1.54, 1.807) is 18.2 Å². The van der Waals surface area contributed by atoms with Crippen molar-refractivity contribution in [2.24, 2.45) is 0 Å². The Morgan fingerprint density at radius 3 is 2.57 bits per heavy atom. The van der Waals surface area contributed by atoms with Gasteiger partial charge in [0.2, 0.25) is 0 Å². The first-order valence-corrected chi connectivity index (χ1v) is 9.24. The van der Waals surface area contributed by atoms with E-state index in [2.05, 4.69) is 5.32 Å². The van der Waals surface area contributed by atoms with Gasteiger partial charge >= 0.3 is 0 Å². The highest BCUT2D eigenvalue weighted by molar-refractivity contribution is 6.32. The van der Waals surface area contributed by atoms with Crippen molar-refractivity contribution in [2.45, 2.75) is 26.2 Å². The lowest BCUT2D eigenvalue weighted by Crippen LogP contribution is -2.21. The van der Waals surface area contributed by atoms with E-state index in [-0.39, 0.29) is 18.3 Å². The number of rotatable bonds is 6. The molecule has 1 aliphatic carbocycles. The summed E-state index contributed by atoms with van der Waals surface area (Å²) >= 11 is 6.08. The summed E-state index contributed by atoms with van der Waals surface area (Å²) in [4.78, 5) is 24.7. The number of hydrogen-bond acceptors (Lipinski definition) is 5. The second-order valence-electron chi connectivity index (χ2n) is 6.72. The summed E-state index contributed by atoms with van der Waals surface area (Å²) in [5.74, 6) is 1.06. The Labute approximate surface area is 168 Å². The van der Waals surface area contributed by atoms with Gasteiger partial charge in [0.1, 0.15) is 17.2 Å². The molecule has 0 aromatic heterocycles. The molecule has 0 saturated carbocycles. The molecule has 0 unspecified atom stereocenters. The van der Waals surface area contributed by atoms with Crippen LogP contribution in [0.5, 0.6) is 17.2 Å². The topological polar surface area (TPSA) is 73.9 Å². The predicted octanol–water partition coefficient (Wildman–Crippen LogP) is 4.37. The maximum Gasteiger partial charge on any atom is 0.262 e. The zero-order chi connectivity index (χ0) is 20.4. The molecule has 0 heterocycles. The lowest BCUT2D eigenvalue weighted by atomic mass is 9.97. The molecular weight excluding hydrogens is 382 g/mol. The third-order valence-corrected chi connectivity index (χ3v) is 5.09. The number of anilines is 1.